The molecular weight excluding hydrogens is 491 g/mol. The van der Waals surface area contributed by atoms with Gasteiger partial charge in [0.25, 0.3) is 0 Å². The van der Waals surface area contributed by atoms with Crippen LogP contribution in [0.5, 0.6) is 11.5 Å². The van der Waals surface area contributed by atoms with Gasteiger partial charge in [0.2, 0.25) is 0 Å². The number of rotatable bonds is 8. The van der Waals surface area contributed by atoms with Gasteiger partial charge in [0.15, 0.2) is 29.1 Å². The molecule has 0 fully saturated rings. The van der Waals surface area contributed by atoms with Crippen LogP contribution < -0.4 is 14.8 Å². The van der Waals surface area contributed by atoms with Crippen LogP contribution in [-0.2, 0) is 12.8 Å². The van der Waals surface area contributed by atoms with E-state index in [2.05, 4.69) is 10.3 Å². The van der Waals surface area contributed by atoms with Crippen molar-refractivity contribution >= 4 is 29.9 Å². The lowest BCUT2D eigenvalue weighted by Gasteiger charge is -2.22. The average molecular weight is 519 g/mol. The third-order valence-corrected chi connectivity index (χ3v) is 4.47. The molecule has 160 valence electrons. The summed E-state index contributed by atoms with van der Waals surface area (Å²) in [5.41, 5.74) is 1.46. The van der Waals surface area contributed by atoms with Crippen molar-refractivity contribution < 1.29 is 18.3 Å². The predicted octanol–water partition coefficient (Wildman–Crippen LogP) is 3.89. The predicted molar refractivity (Wildman–Crippen MR) is 123 cm³/mol. The van der Waals surface area contributed by atoms with E-state index < -0.39 is 11.6 Å². The number of hydrogen-bond donors (Lipinski definition) is 1. The second-order valence-electron chi connectivity index (χ2n) is 6.30. The number of likely N-dealkylation sites (N-methyl/N-ethyl adjacent to an activating group) is 1. The SMILES string of the molecule is CN=C(NCCc1cccc(F)c1F)N(C)CCc1ccc(OC)c(OC)c1.I. The molecule has 2 rings (SSSR count). The van der Waals surface area contributed by atoms with Crippen LogP contribution in [-0.4, -0.2) is 52.3 Å². The van der Waals surface area contributed by atoms with E-state index in [1.807, 2.05) is 30.1 Å². The molecule has 0 aliphatic rings. The van der Waals surface area contributed by atoms with Gasteiger partial charge in [-0.25, -0.2) is 8.78 Å². The number of nitrogens with zero attached hydrogens (tertiary/aromatic N) is 2. The summed E-state index contributed by atoms with van der Waals surface area (Å²) in [4.78, 5) is 6.24. The minimum absolute atomic E-state index is 0. The average Bonchev–Trinajstić information content (AvgIpc) is 2.72. The number of hydrogen-bond acceptors (Lipinski definition) is 3. The largest absolute Gasteiger partial charge is 0.493 e. The van der Waals surface area contributed by atoms with Crippen LogP contribution in [0, 0.1) is 11.6 Å². The first-order chi connectivity index (χ1) is 13.5. The Labute approximate surface area is 188 Å². The normalized spacial score (nSPS) is 10.9. The van der Waals surface area contributed by atoms with Crippen molar-refractivity contribution in [3.05, 3.63) is 59.2 Å². The highest BCUT2D eigenvalue weighted by Crippen LogP contribution is 2.27. The first-order valence-electron chi connectivity index (χ1n) is 9.05. The molecule has 0 bridgehead atoms. The van der Waals surface area contributed by atoms with Gasteiger partial charge >= 0.3 is 0 Å². The van der Waals surface area contributed by atoms with E-state index in [1.54, 1.807) is 27.3 Å². The lowest BCUT2D eigenvalue weighted by Crippen LogP contribution is -2.40. The van der Waals surface area contributed by atoms with Crippen molar-refractivity contribution in [2.24, 2.45) is 4.99 Å². The molecule has 0 saturated heterocycles. The molecule has 0 aliphatic heterocycles. The standard InChI is InChI=1S/C21H27F2N3O2.HI/c1-24-21(25-12-10-16-6-5-7-17(22)20(16)23)26(2)13-11-15-8-9-18(27-3)19(14-15)28-4;/h5-9,14H,10-13H2,1-4H3,(H,24,25);1H. The number of guanidine groups is 1. The number of halogens is 3. The number of methoxy groups -OCH3 is 2. The van der Waals surface area contributed by atoms with Crippen LogP contribution >= 0.6 is 24.0 Å². The molecule has 29 heavy (non-hydrogen) atoms. The number of nitrogens with one attached hydrogen (secondary N) is 1. The van der Waals surface area contributed by atoms with Crippen LogP contribution in [0.4, 0.5) is 8.78 Å². The maximum atomic E-state index is 13.7. The monoisotopic (exact) mass is 519 g/mol. The fourth-order valence-corrected chi connectivity index (χ4v) is 2.87. The van der Waals surface area contributed by atoms with E-state index in [0.717, 1.165) is 24.6 Å². The lowest BCUT2D eigenvalue weighted by atomic mass is 10.1. The third-order valence-electron chi connectivity index (χ3n) is 4.47. The Kier molecular flexibility index (Phi) is 10.7. The maximum Gasteiger partial charge on any atom is 0.193 e. The Morgan fingerprint density at radius 2 is 1.79 bits per heavy atom. The topological polar surface area (TPSA) is 46.1 Å². The summed E-state index contributed by atoms with van der Waals surface area (Å²) in [6.07, 6.45) is 1.15. The quantitative estimate of drug-likeness (QED) is 0.327. The van der Waals surface area contributed by atoms with E-state index >= 15 is 0 Å². The lowest BCUT2D eigenvalue weighted by molar-refractivity contribution is 0.354. The van der Waals surface area contributed by atoms with Gasteiger partial charge in [0.05, 0.1) is 14.2 Å². The first-order valence-corrected chi connectivity index (χ1v) is 9.05. The molecule has 0 atom stereocenters. The molecule has 0 radical (unpaired) electrons. The van der Waals surface area contributed by atoms with Crippen molar-refractivity contribution in [2.45, 2.75) is 12.8 Å². The van der Waals surface area contributed by atoms with Gasteiger partial charge in [-0.15, -0.1) is 24.0 Å². The second kappa shape index (κ2) is 12.5. The first kappa shape index (κ1) is 24.9. The summed E-state index contributed by atoms with van der Waals surface area (Å²) >= 11 is 0. The molecule has 1 N–H and O–H groups in total. The highest BCUT2D eigenvalue weighted by atomic mass is 127. The highest BCUT2D eigenvalue weighted by Gasteiger charge is 2.10. The van der Waals surface area contributed by atoms with Crippen LogP contribution in [0.2, 0.25) is 0 Å². The summed E-state index contributed by atoms with van der Waals surface area (Å²) in [6.45, 7) is 1.18. The van der Waals surface area contributed by atoms with Crippen LogP contribution in [0.3, 0.4) is 0 Å². The molecule has 0 heterocycles. The van der Waals surface area contributed by atoms with Crippen LogP contribution in [0.1, 0.15) is 11.1 Å². The van der Waals surface area contributed by atoms with Crippen molar-refractivity contribution in [1.82, 2.24) is 10.2 Å². The van der Waals surface area contributed by atoms with E-state index in [0.29, 0.717) is 36.0 Å². The molecule has 0 aromatic heterocycles. The molecule has 0 saturated carbocycles. The van der Waals surface area contributed by atoms with Gasteiger partial charge in [0.1, 0.15) is 0 Å². The molecule has 8 heteroatoms. The smallest absolute Gasteiger partial charge is 0.193 e. The van der Waals surface area contributed by atoms with Gasteiger partial charge < -0.3 is 19.7 Å². The zero-order valence-corrected chi connectivity index (χ0v) is 19.5. The van der Waals surface area contributed by atoms with Crippen LogP contribution in [0.15, 0.2) is 41.4 Å². The minimum atomic E-state index is -0.825. The fraction of sp³-hybridized carbons (Fsp3) is 0.381. The van der Waals surface area contributed by atoms with Crippen LogP contribution in [0.25, 0.3) is 0 Å². The maximum absolute atomic E-state index is 13.7. The molecule has 5 nitrogen and oxygen atoms in total. The summed E-state index contributed by atoms with van der Waals surface area (Å²) < 4.78 is 37.6. The molecule has 0 aliphatic carbocycles. The Balaban J connectivity index is 0.00000420. The third kappa shape index (κ3) is 7.02. The Morgan fingerprint density at radius 3 is 2.45 bits per heavy atom. The van der Waals surface area contributed by atoms with Gasteiger partial charge in [-0.05, 0) is 42.2 Å². The van der Waals surface area contributed by atoms with E-state index in [9.17, 15) is 8.78 Å². The summed E-state index contributed by atoms with van der Waals surface area (Å²) in [5.74, 6) is 0.469. The van der Waals surface area contributed by atoms with E-state index in [1.165, 1.54) is 6.07 Å². The Hall–Kier alpha value is -2.10. The Morgan fingerprint density at radius 1 is 1.07 bits per heavy atom. The zero-order valence-electron chi connectivity index (χ0n) is 17.2. The summed E-state index contributed by atoms with van der Waals surface area (Å²) in [7, 11) is 6.84. The van der Waals surface area contributed by atoms with Gasteiger partial charge in [-0.3, -0.25) is 4.99 Å². The van der Waals surface area contributed by atoms with Crippen molar-refractivity contribution in [1.29, 1.82) is 0 Å². The summed E-state index contributed by atoms with van der Waals surface area (Å²) in [5, 5.41) is 3.18. The molecule has 2 aromatic carbocycles. The molecule has 0 amide bonds. The number of aliphatic imine (C=N–C) groups is 1. The number of ether oxygens (including phenoxy) is 2. The molecule has 2 aromatic rings. The zero-order chi connectivity index (χ0) is 20.5. The molecule has 0 unspecified atom stereocenters. The van der Waals surface area contributed by atoms with E-state index in [-0.39, 0.29) is 24.0 Å². The van der Waals surface area contributed by atoms with Crippen molar-refractivity contribution in [3.8, 4) is 11.5 Å². The second-order valence-corrected chi connectivity index (χ2v) is 6.30. The van der Waals surface area contributed by atoms with Crippen molar-refractivity contribution in [2.75, 3.05) is 41.4 Å². The van der Waals surface area contributed by atoms with Gasteiger partial charge in [-0.1, -0.05) is 18.2 Å². The van der Waals surface area contributed by atoms with Gasteiger partial charge in [0, 0.05) is 27.2 Å². The molecule has 0 spiro atoms. The summed E-state index contributed by atoms with van der Waals surface area (Å²) in [6, 6.07) is 10.1. The number of benzene rings is 2. The highest BCUT2D eigenvalue weighted by molar-refractivity contribution is 14.0. The minimum Gasteiger partial charge on any atom is -0.493 e. The van der Waals surface area contributed by atoms with Gasteiger partial charge in [-0.2, -0.15) is 0 Å². The fourth-order valence-electron chi connectivity index (χ4n) is 2.87. The van der Waals surface area contributed by atoms with E-state index in [4.69, 9.17) is 9.47 Å². The Bertz CT molecular complexity index is 819. The molecular formula is C21H28F2IN3O2. The van der Waals surface area contributed by atoms with Crippen molar-refractivity contribution in [3.63, 3.8) is 0 Å².